The Bertz CT molecular complexity index is 221. The SMILES string of the molecule is FCCCc1ccccc1F. The van der Waals surface area contributed by atoms with Crippen molar-refractivity contribution in [2.45, 2.75) is 12.8 Å². The standard InChI is InChI=1S/C9H10F2/c10-7-3-5-8-4-1-2-6-9(8)11/h1-2,4,6H,3,5,7H2. The molecule has 0 aliphatic rings. The van der Waals surface area contributed by atoms with Crippen LogP contribution in [0.25, 0.3) is 0 Å². The quantitative estimate of drug-likeness (QED) is 0.631. The van der Waals surface area contributed by atoms with E-state index in [2.05, 4.69) is 0 Å². The number of rotatable bonds is 3. The molecule has 0 saturated heterocycles. The Kier molecular flexibility index (Phi) is 3.02. The van der Waals surface area contributed by atoms with Gasteiger partial charge in [0.2, 0.25) is 0 Å². The summed E-state index contributed by atoms with van der Waals surface area (Å²) in [4.78, 5) is 0. The molecule has 0 amide bonds. The average molecular weight is 156 g/mol. The summed E-state index contributed by atoms with van der Waals surface area (Å²) >= 11 is 0. The van der Waals surface area contributed by atoms with E-state index in [1.165, 1.54) is 6.07 Å². The minimum absolute atomic E-state index is 0.235. The maximum atomic E-state index is 12.8. The van der Waals surface area contributed by atoms with E-state index in [1.54, 1.807) is 18.2 Å². The zero-order valence-corrected chi connectivity index (χ0v) is 6.19. The molecule has 0 aromatic heterocycles. The predicted octanol–water partition coefficient (Wildman–Crippen LogP) is 2.73. The summed E-state index contributed by atoms with van der Waals surface area (Å²) in [6.07, 6.45) is 0.893. The molecule has 0 N–H and O–H groups in total. The Hall–Kier alpha value is -0.920. The molecule has 1 rings (SSSR count). The molecule has 0 saturated carbocycles. The summed E-state index contributed by atoms with van der Waals surface area (Å²) in [5.74, 6) is -0.235. The molecule has 0 bridgehead atoms. The van der Waals surface area contributed by atoms with Crippen molar-refractivity contribution in [3.05, 3.63) is 35.6 Å². The third-order valence-corrected chi connectivity index (χ3v) is 1.54. The van der Waals surface area contributed by atoms with E-state index in [1.807, 2.05) is 0 Å². The number of aryl methyl sites for hydroxylation is 1. The van der Waals surface area contributed by atoms with Gasteiger partial charge in [-0.2, -0.15) is 0 Å². The number of alkyl halides is 1. The molecule has 0 spiro atoms. The molecule has 0 aliphatic carbocycles. The summed E-state index contributed by atoms with van der Waals surface area (Å²) in [6, 6.07) is 6.48. The monoisotopic (exact) mass is 156 g/mol. The first-order chi connectivity index (χ1) is 5.34. The lowest BCUT2D eigenvalue weighted by molar-refractivity contribution is 0.469. The summed E-state index contributed by atoms with van der Waals surface area (Å²) in [5.41, 5.74) is 0.602. The van der Waals surface area contributed by atoms with Crippen LogP contribution < -0.4 is 0 Å². The van der Waals surface area contributed by atoms with Gasteiger partial charge in [-0.25, -0.2) is 4.39 Å². The van der Waals surface area contributed by atoms with Crippen molar-refractivity contribution in [3.8, 4) is 0 Å². The normalized spacial score (nSPS) is 10.0. The molecule has 2 heteroatoms. The van der Waals surface area contributed by atoms with E-state index in [0.717, 1.165) is 0 Å². The van der Waals surface area contributed by atoms with E-state index in [0.29, 0.717) is 18.4 Å². The summed E-state index contributed by atoms with van der Waals surface area (Å²) in [7, 11) is 0. The molecule has 0 aliphatic heterocycles. The van der Waals surface area contributed by atoms with Gasteiger partial charge in [-0.05, 0) is 24.5 Å². The second kappa shape index (κ2) is 4.06. The average Bonchev–Trinajstić information content (AvgIpc) is 2.03. The number of hydrogen-bond donors (Lipinski definition) is 0. The Morgan fingerprint density at radius 2 is 1.91 bits per heavy atom. The number of hydrogen-bond acceptors (Lipinski definition) is 0. The Morgan fingerprint density at radius 3 is 2.55 bits per heavy atom. The molecule has 0 radical (unpaired) electrons. The molecule has 1 aromatic rings. The van der Waals surface area contributed by atoms with Gasteiger partial charge in [-0.1, -0.05) is 18.2 Å². The van der Waals surface area contributed by atoms with Crippen LogP contribution in [0, 0.1) is 5.82 Å². The topological polar surface area (TPSA) is 0 Å². The highest BCUT2D eigenvalue weighted by Gasteiger charge is 1.98. The van der Waals surface area contributed by atoms with Crippen molar-refractivity contribution in [2.24, 2.45) is 0 Å². The van der Waals surface area contributed by atoms with Gasteiger partial charge in [0.25, 0.3) is 0 Å². The molecule has 60 valence electrons. The zero-order valence-electron chi connectivity index (χ0n) is 6.19. The maximum absolute atomic E-state index is 12.8. The summed E-state index contributed by atoms with van der Waals surface area (Å²) in [5, 5.41) is 0. The van der Waals surface area contributed by atoms with E-state index < -0.39 is 0 Å². The largest absolute Gasteiger partial charge is 0.251 e. The first-order valence-electron chi connectivity index (χ1n) is 3.64. The minimum atomic E-state index is -0.381. The van der Waals surface area contributed by atoms with Crippen molar-refractivity contribution in [1.29, 1.82) is 0 Å². The smallest absolute Gasteiger partial charge is 0.126 e. The zero-order chi connectivity index (χ0) is 8.10. The highest BCUT2D eigenvalue weighted by atomic mass is 19.1. The third-order valence-electron chi connectivity index (χ3n) is 1.54. The fourth-order valence-corrected chi connectivity index (χ4v) is 0.958. The van der Waals surface area contributed by atoms with Crippen LogP contribution in [0.5, 0.6) is 0 Å². The fraction of sp³-hybridized carbons (Fsp3) is 0.333. The van der Waals surface area contributed by atoms with Gasteiger partial charge >= 0.3 is 0 Å². The second-order valence-electron chi connectivity index (χ2n) is 2.38. The number of benzene rings is 1. The van der Waals surface area contributed by atoms with Crippen LogP contribution in [0.3, 0.4) is 0 Å². The highest BCUT2D eigenvalue weighted by molar-refractivity contribution is 5.17. The van der Waals surface area contributed by atoms with E-state index >= 15 is 0 Å². The lowest BCUT2D eigenvalue weighted by atomic mass is 10.1. The molecular formula is C9H10F2. The Morgan fingerprint density at radius 1 is 1.18 bits per heavy atom. The van der Waals surface area contributed by atoms with Crippen molar-refractivity contribution < 1.29 is 8.78 Å². The summed E-state index contributed by atoms with van der Waals surface area (Å²) < 4.78 is 24.5. The molecule has 1 aromatic carbocycles. The van der Waals surface area contributed by atoms with Gasteiger partial charge in [0.05, 0.1) is 6.67 Å². The minimum Gasteiger partial charge on any atom is -0.251 e. The molecule has 11 heavy (non-hydrogen) atoms. The van der Waals surface area contributed by atoms with Crippen molar-refractivity contribution in [2.75, 3.05) is 6.67 Å². The lowest BCUT2D eigenvalue weighted by Gasteiger charge is -1.98. The molecule has 0 atom stereocenters. The third kappa shape index (κ3) is 2.30. The molecule has 0 nitrogen and oxygen atoms in total. The van der Waals surface area contributed by atoms with Crippen molar-refractivity contribution >= 4 is 0 Å². The van der Waals surface area contributed by atoms with Gasteiger partial charge in [0, 0.05) is 0 Å². The van der Waals surface area contributed by atoms with Gasteiger partial charge in [0.1, 0.15) is 5.82 Å². The highest BCUT2D eigenvalue weighted by Crippen LogP contribution is 2.08. The molecule has 0 unspecified atom stereocenters. The van der Waals surface area contributed by atoms with Crippen molar-refractivity contribution in [1.82, 2.24) is 0 Å². The van der Waals surface area contributed by atoms with Crippen LogP contribution in [-0.2, 0) is 6.42 Å². The fourth-order valence-electron chi connectivity index (χ4n) is 0.958. The van der Waals surface area contributed by atoms with E-state index in [-0.39, 0.29) is 12.5 Å². The first-order valence-corrected chi connectivity index (χ1v) is 3.64. The molecular weight excluding hydrogens is 146 g/mol. The lowest BCUT2D eigenvalue weighted by Crippen LogP contribution is -1.90. The van der Waals surface area contributed by atoms with Gasteiger partial charge in [0.15, 0.2) is 0 Å². The Balaban J connectivity index is 2.62. The number of halogens is 2. The predicted molar refractivity (Wildman–Crippen MR) is 40.7 cm³/mol. The van der Waals surface area contributed by atoms with Gasteiger partial charge in [-0.3, -0.25) is 4.39 Å². The van der Waals surface area contributed by atoms with Crippen LogP contribution in [0.4, 0.5) is 8.78 Å². The van der Waals surface area contributed by atoms with Crippen LogP contribution in [0.2, 0.25) is 0 Å². The molecule has 0 heterocycles. The summed E-state index contributed by atoms with van der Waals surface area (Å²) in [6.45, 7) is -0.381. The van der Waals surface area contributed by atoms with Gasteiger partial charge in [-0.15, -0.1) is 0 Å². The van der Waals surface area contributed by atoms with Crippen LogP contribution in [-0.4, -0.2) is 6.67 Å². The first kappa shape index (κ1) is 8.18. The van der Waals surface area contributed by atoms with Crippen molar-refractivity contribution in [3.63, 3.8) is 0 Å². The maximum Gasteiger partial charge on any atom is 0.126 e. The van der Waals surface area contributed by atoms with E-state index in [4.69, 9.17) is 0 Å². The van der Waals surface area contributed by atoms with Gasteiger partial charge < -0.3 is 0 Å². The van der Waals surface area contributed by atoms with Crippen LogP contribution in [0.1, 0.15) is 12.0 Å². The second-order valence-corrected chi connectivity index (χ2v) is 2.38. The molecule has 0 fully saturated rings. The van der Waals surface area contributed by atoms with Crippen LogP contribution >= 0.6 is 0 Å². The van der Waals surface area contributed by atoms with E-state index in [9.17, 15) is 8.78 Å². The van der Waals surface area contributed by atoms with Crippen LogP contribution in [0.15, 0.2) is 24.3 Å². The Labute approximate surface area is 64.9 Å².